The number of hydrogen-bond donors (Lipinski definition) is 1. The highest BCUT2D eigenvalue weighted by molar-refractivity contribution is 4.83. The summed E-state index contributed by atoms with van der Waals surface area (Å²) in [5.41, 5.74) is 0. The Morgan fingerprint density at radius 1 is 1.12 bits per heavy atom. The zero-order chi connectivity index (χ0) is 12.3. The summed E-state index contributed by atoms with van der Waals surface area (Å²) in [7, 11) is 2.26. The molecule has 0 aliphatic carbocycles. The Hall–Kier alpha value is -0.120. The Morgan fingerprint density at radius 2 is 1.82 bits per heavy atom. The second-order valence-corrected chi connectivity index (χ2v) is 6.06. The quantitative estimate of drug-likeness (QED) is 0.806. The third kappa shape index (κ3) is 3.67. The maximum atomic E-state index is 3.65. The lowest BCUT2D eigenvalue weighted by molar-refractivity contribution is 0.0572. The molecule has 2 heterocycles. The molecule has 2 rings (SSSR count). The van der Waals surface area contributed by atoms with Gasteiger partial charge in [0.15, 0.2) is 0 Å². The molecule has 17 heavy (non-hydrogen) atoms. The highest BCUT2D eigenvalue weighted by Gasteiger charge is 2.26. The predicted molar refractivity (Wildman–Crippen MR) is 73.4 cm³/mol. The first-order chi connectivity index (χ1) is 8.16. The summed E-state index contributed by atoms with van der Waals surface area (Å²) in [6.45, 7) is 9.70. The van der Waals surface area contributed by atoms with Crippen LogP contribution in [0.25, 0.3) is 0 Å². The van der Waals surface area contributed by atoms with Crippen LogP contribution in [-0.2, 0) is 0 Å². The van der Waals surface area contributed by atoms with Crippen molar-refractivity contribution in [3.05, 3.63) is 0 Å². The van der Waals surface area contributed by atoms with Crippen LogP contribution in [0, 0.1) is 0 Å². The van der Waals surface area contributed by atoms with E-state index in [-0.39, 0.29) is 0 Å². The van der Waals surface area contributed by atoms with Crippen LogP contribution in [0.15, 0.2) is 0 Å². The topological polar surface area (TPSA) is 18.5 Å². The van der Waals surface area contributed by atoms with Gasteiger partial charge in [-0.05, 0) is 53.2 Å². The molecule has 0 aromatic carbocycles. The molecule has 0 saturated carbocycles. The molecule has 1 N–H and O–H groups in total. The van der Waals surface area contributed by atoms with Crippen LogP contribution in [0.4, 0.5) is 0 Å². The zero-order valence-electron chi connectivity index (χ0n) is 11.8. The van der Waals surface area contributed by atoms with Crippen molar-refractivity contribution in [1.29, 1.82) is 0 Å². The predicted octanol–water partition coefficient (Wildman–Crippen LogP) is 1.54. The first-order valence-electron chi connectivity index (χ1n) is 7.34. The largest absolute Gasteiger partial charge is 0.314 e. The monoisotopic (exact) mass is 239 g/mol. The van der Waals surface area contributed by atoms with Gasteiger partial charge in [0.2, 0.25) is 0 Å². The van der Waals surface area contributed by atoms with E-state index in [1.165, 1.54) is 51.9 Å². The smallest absolute Gasteiger partial charge is 0.0195 e. The number of hydrogen-bond acceptors (Lipinski definition) is 3. The Kier molecular flexibility index (Phi) is 4.83. The van der Waals surface area contributed by atoms with E-state index in [9.17, 15) is 0 Å². The molecule has 0 radical (unpaired) electrons. The highest BCUT2D eigenvalue weighted by atomic mass is 15.3. The van der Waals surface area contributed by atoms with Crippen molar-refractivity contribution in [1.82, 2.24) is 15.1 Å². The Morgan fingerprint density at radius 3 is 2.41 bits per heavy atom. The summed E-state index contributed by atoms with van der Waals surface area (Å²) >= 11 is 0. The minimum absolute atomic E-state index is 0.707. The Balaban J connectivity index is 1.71. The standard InChI is InChI=1S/C14H29N3/c1-12-10-17(11-13(2)16(12)3)9-7-14-6-4-5-8-15-14/h12-15H,4-11H2,1-3H3. The number of piperidine rings is 1. The number of piperazine rings is 1. The van der Waals surface area contributed by atoms with Gasteiger partial charge < -0.3 is 10.2 Å². The number of nitrogens with one attached hydrogen (secondary N) is 1. The van der Waals surface area contributed by atoms with Crippen LogP contribution in [0.1, 0.15) is 39.5 Å². The van der Waals surface area contributed by atoms with Gasteiger partial charge in [0.05, 0.1) is 0 Å². The fourth-order valence-electron chi connectivity index (χ4n) is 3.21. The molecule has 3 atom stereocenters. The van der Waals surface area contributed by atoms with Crippen molar-refractivity contribution >= 4 is 0 Å². The summed E-state index contributed by atoms with van der Waals surface area (Å²) in [6, 6.07) is 2.20. The van der Waals surface area contributed by atoms with E-state index >= 15 is 0 Å². The SMILES string of the molecule is CC1CN(CCC2CCCCN2)CC(C)N1C. The summed E-state index contributed by atoms with van der Waals surface area (Å²) in [4.78, 5) is 5.17. The second kappa shape index (κ2) is 6.17. The van der Waals surface area contributed by atoms with Gasteiger partial charge in [-0.25, -0.2) is 0 Å². The number of nitrogens with zero attached hydrogens (tertiary/aromatic N) is 2. The third-order valence-corrected chi connectivity index (χ3v) is 4.64. The molecule has 2 aliphatic heterocycles. The summed E-state index contributed by atoms with van der Waals surface area (Å²) < 4.78 is 0. The van der Waals surface area contributed by atoms with Crippen LogP contribution < -0.4 is 5.32 Å². The minimum Gasteiger partial charge on any atom is -0.314 e. The van der Waals surface area contributed by atoms with Gasteiger partial charge in [-0.15, -0.1) is 0 Å². The first kappa shape index (κ1) is 13.3. The van der Waals surface area contributed by atoms with E-state index in [0.717, 1.165) is 6.04 Å². The van der Waals surface area contributed by atoms with Crippen LogP contribution in [0.5, 0.6) is 0 Å². The molecule has 0 aromatic rings. The molecule has 3 nitrogen and oxygen atoms in total. The average molecular weight is 239 g/mol. The Labute approximate surface area is 107 Å². The normalized spacial score (nSPS) is 37.2. The highest BCUT2D eigenvalue weighted by Crippen LogP contribution is 2.15. The van der Waals surface area contributed by atoms with Gasteiger partial charge in [0.25, 0.3) is 0 Å². The van der Waals surface area contributed by atoms with E-state index in [4.69, 9.17) is 0 Å². The maximum absolute atomic E-state index is 3.65. The van der Waals surface area contributed by atoms with Gasteiger partial charge in [-0.2, -0.15) is 0 Å². The molecular weight excluding hydrogens is 210 g/mol. The summed E-state index contributed by atoms with van der Waals surface area (Å²) in [6.07, 6.45) is 5.52. The molecule has 2 aliphatic rings. The van der Waals surface area contributed by atoms with E-state index in [0.29, 0.717) is 12.1 Å². The molecule has 0 aromatic heterocycles. The number of likely N-dealkylation sites (N-methyl/N-ethyl adjacent to an activating group) is 1. The van der Waals surface area contributed by atoms with E-state index in [1.54, 1.807) is 0 Å². The van der Waals surface area contributed by atoms with E-state index in [1.807, 2.05) is 0 Å². The van der Waals surface area contributed by atoms with Crippen molar-refractivity contribution in [3.63, 3.8) is 0 Å². The van der Waals surface area contributed by atoms with E-state index in [2.05, 4.69) is 36.0 Å². The first-order valence-corrected chi connectivity index (χ1v) is 7.34. The summed E-state index contributed by atoms with van der Waals surface area (Å²) in [5, 5.41) is 3.65. The van der Waals surface area contributed by atoms with Gasteiger partial charge in [0.1, 0.15) is 0 Å². The molecule has 3 heteroatoms. The lowest BCUT2D eigenvalue weighted by Gasteiger charge is -2.43. The fraction of sp³-hybridized carbons (Fsp3) is 1.00. The Bertz CT molecular complexity index is 214. The lowest BCUT2D eigenvalue weighted by atomic mass is 10.0. The molecule has 3 unspecified atom stereocenters. The van der Waals surface area contributed by atoms with E-state index < -0.39 is 0 Å². The van der Waals surface area contributed by atoms with Crippen LogP contribution in [-0.4, -0.2) is 61.2 Å². The molecule has 2 saturated heterocycles. The van der Waals surface area contributed by atoms with Crippen LogP contribution >= 0.6 is 0 Å². The molecule has 0 spiro atoms. The zero-order valence-corrected chi connectivity index (χ0v) is 11.8. The molecular formula is C14H29N3. The maximum Gasteiger partial charge on any atom is 0.0195 e. The van der Waals surface area contributed by atoms with Crippen molar-refractivity contribution in [2.75, 3.05) is 33.2 Å². The van der Waals surface area contributed by atoms with Gasteiger partial charge >= 0.3 is 0 Å². The van der Waals surface area contributed by atoms with Crippen LogP contribution in [0.3, 0.4) is 0 Å². The van der Waals surface area contributed by atoms with Gasteiger partial charge in [0, 0.05) is 31.2 Å². The molecule has 0 bridgehead atoms. The second-order valence-electron chi connectivity index (χ2n) is 6.06. The van der Waals surface area contributed by atoms with Crippen molar-refractivity contribution < 1.29 is 0 Å². The summed E-state index contributed by atoms with van der Waals surface area (Å²) in [5.74, 6) is 0. The minimum atomic E-state index is 0.707. The average Bonchev–Trinajstić information content (AvgIpc) is 2.34. The van der Waals surface area contributed by atoms with Crippen molar-refractivity contribution in [2.45, 2.75) is 57.7 Å². The molecule has 2 fully saturated rings. The lowest BCUT2D eigenvalue weighted by Crippen LogP contribution is -2.55. The van der Waals surface area contributed by atoms with Crippen molar-refractivity contribution in [3.8, 4) is 0 Å². The fourth-order valence-corrected chi connectivity index (χ4v) is 3.21. The van der Waals surface area contributed by atoms with Gasteiger partial charge in [-0.3, -0.25) is 4.90 Å². The third-order valence-electron chi connectivity index (χ3n) is 4.64. The molecule has 0 amide bonds. The van der Waals surface area contributed by atoms with Gasteiger partial charge in [-0.1, -0.05) is 6.42 Å². The number of rotatable bonds is 3. The van der Waals surface area contributed by atoms with Crippen molar-refractivity contribution in [2.24, 2.45) is 0 Å². The molecule has 100 valence electrons. The van der Waals surface area contributed by atoms with Crippen LogP contribution in [0.2, 0.25) is 0 Å².